The van der Waals surface area contributed by atoms with Gasteiger partial charge in [-0.1, -0.05) is 0 Å². The van der Waals surface area contributed by atoms with Crippen LogP contribution in [-0.2, 0) is 25.7 Å². The van der Waals surface area contributed by atoms with E-state index in [1.807, 2.05) is 0 Å². The van der Waals surface area contributed by atoms with Crippen molar-refractivity contribution >= 4 is 28.2 Å². The topological polar surface area (TPSA) is 0 Å². The van der Waals surface area contributed by atoms with Crippen LogP contribution in [0.2, 0.25) is 0 Å². The molecule has 108 valence electrons. The van der Waals surface area contributed by atoms with Crippen molar-refractivity contribution in [3.63, 3.8) is 0 Å². The molecule has 0 amide bonds. The molecule has 3 aromatic rings. The van der Waals surface area contributed by atoms with Gasteiger partial charge in [-0.15, -0.1) is 0 Å². The Morgan fingerprint density at radius 3 is 1.36 bits per heavy atom. The predicted molar refractivity (Wildman–Crippen MR) is 96.1 cm³/mol. The number of fused-ring (bicyclic) bond motifs is 4. The van der Waals surface area contributed by atoms with E-state index in [-0.39, 0.29) is 0 Å². The average Bonchev–Trinajstić information content (AvgIpc) is 2.56. The summed E-state index contributed by atoms with van der Waals surface area (Å²) in [6.07, 6.45) is 10.5. The van der Waals surface area contributed by atoms with Crippen LogP contribution in [0.5, 0.6) is 0 Å². The molecule has 1 aromatic heterocycles. The molecular formula is C21H21B. The van der Waals surface area contributed by atoms with E-state index in [0.717, 1.165) is 0 Å². The Labute approximate surface area is 132 Å². The normalized spacial score (nSPS) is 17.3. The van der Waals surface area contributed by atoms with E-state index < -0.39 is 0 Å². The quantitative estimate of drug-likeness (QED) is 0.504. The molecular weight excluding hydrogens is 263 g/mol. The van der Waals surface area contributed by atoms with Crippen LogP contribution >= 0.6 is 0 Å². The van der Waals surface area contributed by atoms with Gasteiger partial charge in [0, 0.05) is 0 Å². The van der Waals surface area contributed by atoms with E-state index >= 15 is 0 Å². The summed E-state index contributed by atoms with van der Waals surface area (Å²) >= 11 is 0. The summed E-state index contributed by atoms with van der Waals surface area (Å²) < 4.78 is 0. The van der Waals surface area contributed by atoms with Crippen molar-refractivity contribution in [1.82, 2.24) is 0 Å². The summed E-state index contributed by atoms with van der Waals surface area (Å²) in [6, 6.07) is 12.3. The third-order valence-corrected chi connectivity index (χ3v) is 5.72. The molecule has 0 atom stereocenters. The molecule has 0 nitrogen and oxygen atoms in total. The average molecular weight is 284 g/mol. The van der Waals surface area contributed by atoms with E-state index in [2.05, 4.69) is 37.2 Å². The monoisotopic (exact) mass is 284 g/mol. The van der Waals surface area contributed by atoms with Crippen LogP contribution in [0, 0.1) is 0 Å². The van der Waals surface area contributed by atoms with Crippen LogP contribution in [0.15, 0.2) is 30.3 Å². The summed E-state index contributed by atoms with van der Waals surface area (Å²) in [5.41, 5.74) is 6.37. The standard InChI is InChI=1S/C21H21B/c1-3-7-16-12-20-18(9-14(16)5-1)11-19-10-15-6-2-4-8-17(15)13-21(19)22-20/h9-13H,1-8H2. The fourth-order valence-electron chi connectivity index (χ4n) is 4.48. The summed E-state index contributed by atoms with van der Waals surface area (Å²) in [7, 11) is 0. The Morgan fingerprint density at radius 2 is 0.909 bits per heavy atom. The van der Waals surface area contributed by atoms with Crippen LogP contribution in [0.1, 0.15) is 47.9 Å². The molecule has 0 saturated heterocycles. The summed E-state index contributed by atoms with van der Waals surface area (Å²) in [6.45, 7) is 2.43. The van der Waals surface area contributed by atoms with Crippen molar-refractivity contribution in [2.45, 2.75) is 51.4 Å². The van der Waals surface area contributed by atoms with Crippen molar-refractivity contribution in [1.29, 1.82) is 0 Å². The molecule has 0 radical (unpaired) electrons. The molecule has 1 heterocycles. The van der Waals surface area contributed by atoms with Gasteiger partial charge in [-0.05, 0) is 0 Å². The van der Waals surface area contributed by atoms with Gasteiger partial charge in [-0.3, -0.25) is 0 Å². The fourth-order valence-corrected chi connectivity index (χ4v) is 4.48. The first-order valence-electron chi connectivity index (χ1n) is 8.88. The number of aryl methyl sites for hydroxylation is 4. The first-order valence-corrected chi connectivity index (χ1v) is 8.88. The Bertz CT molecular complexity index is 746. The van der Waals surface area contributed by atoms with Gasteiger partial charge in [0.1, 0.15) is 0 Å². The van der Waals surface area contributed by atoms with Crippen molar-refractivity contribution < 1.29 is 0 Å². The molecule has 1 heteroatoms. The van der Waals surface area contributed by atoms with Gasteiger partial charge in [0.25, 0.3) is 0 Å². The Balaban J connectivity index is 1.76. The molecule has 2 aliphatic carbocycles. The van der Waals surface area contributed by atoms with Crippen LogP contribution < -0.4 is 0 Å². The zero-order valence-corrected chi connectivity index (χ0v) is 13.1. The molecule has 0 N–H and O–H groups in total. The van der Waals surface area contributed by atoms with Gasteiger partial charge in [0.2, 0.25) is 0 Å². The third kappa shape index (κ3) is 2.02. The van der Waals surface area contributed by atoms with E-state index in [0.29, 0.717) is 0 Å². The summed E-state index contributed by atoms with van der Waals surface area (Å²) in [5.74, 6) is 0. The Morgan fingerprint density at radius 1 is 0.500 bits per heavy atom. The maximum absolute atomic E-state index is 2.46. The minimum absolute atomic E-state index is 1.27. The first-order chi connectivity index (χ1) is 10.9. The Kier molecular flexibility index (Phi) is 2.89. The molecule has 0 unspecified atom stereocenters. The number of rotatable bonds is 0. The van der Waals surface area contributed by atoms with Crippen molar-refractivity contribution in [3.05, 3.63) is 52.6 Å². The fraction of sp³-hybridized carbons (Fsp3) is 0.381. The van der Waals surface area contributed by atoms with Crippen molar-refractivity contribution in [3.8, 4) is 0 Å². The molecule has 0 fully saturated rings. The molecule has 2 aliphatic rings. The summed E-state index contributed by atoms with van der Waals surface area (Å²) in [5, 5.41) is 5.74. The van der Waals surface area contributed by atoms with Gasteiger partial charge in [0.15, 0.2) is 0 Å². The first kappa shape index (κ1) is 12.9. The van der Waals surface area contributed by atoms with Gasteiger partial charge < -0.3 is 0 Å². The second kappa shape index (κ2) is 4.94. The van der Waals surface area contributed by atoms with E-state index in [1.54, 1.807) is 22.3 Å². The van der Waals surface area contributed by atoms with E-state index in [4.69, 9.17) is 0 Å². The van der Waals surface area contributed by atoms with E-state index in [9.17, 15) is 0 Å². The van der Waals surface area contributed by atoms with Crippen LogP contribution in [-0.4, -0.2) is 6.91 Å². The maximum atomic E-state index is 2.46. The molecule has 5 rings (SSSR count). The van der Waals surface area contributed by atoms with Crippen molar-refractivity contribution in [2.24, 2.45) is 0 Å². The second-order valence-electron chi connectivity index (χ2n) is 7.20. The van der Waals surface area contributed by atoms with Gasteiger partial charge in [-0.2, -0.15) is 0 Å². The molecule has 0 spiro atoms. The van der Waals surface area contributed by atoms with Gasteiger partial charge in [-0.25, -0.2) is 0 Å². The molecule has 0 aliphatic heterocycles. The zero-order valence-electron chi connectivity index (χ0n) is 13.1. The number of benzene rings is 2. The number of hydrogen-bond acceptors (Lipinski definition) is 0. The molecule has 0 bridgehead atoms. The number of hydrogen-bond donors (Lipinski definition) is 0. The zero-order chi connectivity index (χ0) is 14.5. The van der Waals surface area contributed by atoms with Crippen LogP contribution in [0.3, 0.4) is 0 Å². The molecule has 22 heavy (non-hydrogen) atoms. The predicted octanol–water partition coefficient (Wildman–Crippen LogP) is 5.09. The molecule has 0 saturated carbocycles. The Hall–Kier alpha value is -1.63. The van der Waals surface area contributed by atoms with Gasteiger partial charge in [0.05, 0.1) is 0 Å². The third-order valence-electron chi connectivity index (χ3n) is 5.72. The van der Waals surface area contributed by atoms with Crippen LogP contribution in [0.25, 0.3) is 21.3 Å². The molecule has 2 aromatic carbocycles. The van der Waals surface area contributed by atoms with Gasteiger partial charge >= 0.3 is 132 Å². The van der Waals surface area contributed by atoms with Crippen molar-refractivity contribution in [2.75, 3.05) is 0 Å². The minimum atomic E-state index is 1.27. The van der Waals surface area contributed by atoms with E-state index in [1.165, 1.54) is 72.7 Å². The second-order valence-corrected chi connectivity index (χ2v) is 7.20. The summed E-state index contributed by atoms with van der Waals surface area (Å²) in [4.78, 5) is 0. The van der Waals surface area contributed by atoms with Crippen LogP contribution in [0.4, 0.5) is 0 Å². The SMILES string of the molecule is b1c2cc3c(cc2cc2cc4c(cc12)CCCC4)CCCC3.